The van der Waals surface area contributed by atoms with Gasteiger partial charge < -0.3 is 15.3 Å². The molecule has 122 valence electrons. The molecule has 1 aliphatic heterocycles. The molecular formula is C16H30N2O3. The summed E-state index contributed by atoms with van der Waals surface area (Å²) in [5, 5.41) is 12.3. The van der Waals surface area contributed by atoms with Crippen molar-refractivity contribution in [3.8, 4) is 0 Å². The SMILES string of the molecule is CCCCCCCCNCCCN1CC(C(=O)O)CC1=O. The van der Waals surface area contributed by atoms with Gasteiger partial charge in [-0.1, -0.05) is 39.0 Å². The van der Waals surface area contributed by atoms with Crippen LogP contribution in [0.4, 0.5) is 0 Å². The fourth-order valence-electron chi connectivity index (χ4n) is 2.70. The number of hydrogen-bond acceptors (Lipinski definition) is 3. The number of carboxylic acid groups (broad SMARTS) is 1. The van der Waals surface area contributed by atoms with E-state index in [-0.39, 0.29) is 12.3 Å². The van der Waals surface area contributed by atoms with Crippen molar-refractivity contribution < 1.29 is 14.7 Å². The highest BCUT2D eigenvalue weighted by Crippen LogP contribution is 2.17. The molecule has 21 heavy (non-hydrogen) atoms. The van der Waals surface area contributed by atoms with Gasteiger partial charge in [0, 0.05) is 19.5 Å². The summed E-state index contributed by atoms with van der Waals surface area (Å²) in [5.74, 6) is -1.38. The van der Waals surface area contributed by atoms with E-state index in [9.17, 15) is 9.59 Å². The topological polar surface area (TPSA) is 69.6 Å². The van der Waals surface area contributed by atoms with Gasteiger partial charge in [0.25, 0.3) is 0 Å². The Hall–Kier alpha value is -1.10. The number of carboxylic acids is 1. The van der Waals surface area contributed by atoms with E-state index in [1.54, 1.807) is 4.90 Å². The molecule has 1 atom stereocenters. The second kappa shape index (κ2) is 10.6. The fourth-order valence-corrected chi connectivity index (χ4v) is 2.70. The van der Waals surface area contributed by atoms with Gasteiger partial charge in [-0.15, -0.1) is 0 Å². The quantitative estimate of drug-likeness (QED) is 0.542. The van der Waals surface area contributed by atoms with E-state index >= 15 is 0 Å². The number of carbonyl (C=O) groups excluding carboxylic acids is 1. The molecule has 0 spiro atoms. The van der Waals surface area contributed by atoms with E-state index in [1.807, 2.05) is 0 Å². The first-order chi connectivity index (χ1) is 10.1. The summed E-state index contributed by atoms with van der Waals surface area (Å²) in [6, 6.07) is 0. The van der Waals surface area contributed by atoms with Crippen molar-refractivity contribution in [2.75, 3.05) is 26.2 Å². The molecule has 5 heteroatoms. The Kier molecular flexibility index (Phi) is 9.06. The van der Waals surface area contributed by atoms with Crippen LogP contribution in [0.5, 0.6) is 0 Å². The normalized spacial score (nSPS) is 18.4. The van der Waals surface area contributed by atoms with Crippen molar-refractivity contribution in [3.05, 3.63) is 0 Å². The standard InChI is InChI=1S/C16H30N2O3/c1-2-3-4-5-6-7-9-17-10-8-11-18-13-14(16(20)21)12-15(18)19/h14,17H,2-13H2,1H3,(H,20,21). The molecule has 0 bridgehead atoms. The maximum atomic E-state index is 11.6. The molecule has 5 nitrogen and oxygen atoms in total. The van der Waals surface area contributed by atoms with Gasteiger partial charge in [-0.25, -0.2) is 0 Å². The lowest BCUT2D eigenvalue weighted by atomic mass is 10.1. The van der Waals surface area contributed by atoms with Crippen LogP contribution in [0.15, 0.2) is 0 Å². The average molecular weight is 298 g/mol. The van der Waals surface area contributed by atoms with E-state index in [1.165, 1.54) is 38.5 Å². The van der Waals surface area contributed by atoms with Crippen LogP contribution in [0, 0.1) is 5.92 Å². The van der Waals surface area contributed by atoms with Gasteiger partial charge in [0.2, 0.25) is 5.91 Å². The highest BCUT2D eigenvalue weighted by Gasteiger charge is 2.33. The molecule has 1 rings (SSSR count). The van der Waals surface area contributed by atoms with Gasteiger partial charge in [-0.2, -0.15) is 0 Å². The second-order valence-corrected chi connectivity index (χ2v) is 5.95. The predicted molar refractivity (Wildman–Crippen MR) is 83.2 cm³/mol. The number of aliphatic carboxylic acids is 1. The Morgan fingerprint density at radius 2 is 1.86 bits per heavy atom. The third-order valence-corrected chi connectivity index (χ3v) is 4.05. The number of rotatable bonds is 12. The van der Waals surface area contributed by atoms with Crippen LogP contribution in [0.2, 0.25) is 0 Å². The summed E-state index contributed by atoms with van der Waals surface area (Å²) < 4.78 is 0. The number of unbranched alkanes of at least 4 members (excludes halogenated alkanes) is 5. The second-order valence-electron chi connectivity index (χ2n) is 5.95. The summed E-state index contributed by atoms with van der Waals surface area (Å²) >= 11 is 0. The van der Waals surface area contributed by atoms with Crippen LogP contribution in [-0.4, -0.2) is 48.1 Å². The minimum atomic E-state index is -0.855. The first kappa shape index (κ1) is 18.0. The summed E-state index contributed by atoms with van der Waals surface area (Å²) in [6.07, 6.45) is 8.87. The largest absolute Gasteiger partial charge is 0.481 e. The molecule has 1 amide bonds. The van der Waals surface area contributed by atoms with Crippen LogP contribution in [0.3, 0.4) is 0 Å². The zero-order valence-electron chi connectivity index (χ0n) is 13.3. The van der Waals surface area contributed by atoms with Gasteiger partial charge in [0.1, 0.15) is 0 Å². The van der Waals surface area contributed by atoms with Crippen molar-refractivity contribution in [2.45, 2.75) is 58.3 Å². The van der Waals surface area contributed by atoms with E-state index < -0.39 is 11.9 Å². The summed E-state index contributed by atoms with van der Waals surface area (Å²) in [5.41, 5.74) is 0. The zero-order chi connectivity index (χ0) is 15.5. The Balaban J connectivity index is 1.93. The Morgan fingerprint density at radius 3 is 2.52 bits per heavy atom. The summed E-state index contributed by atoms with van der Waals surface area (Å²) in [4.78, 5) is 24.2. The van der Waals surface area contributed by atoms with Crippen molar-refractivity contribution in [1.29, 1.82) is 0 Å². The third kappa shape index (κ3) is 7.46. The summed E-state index contributed by atoms with van der Waals surface area (Å²) in [7, 11) is 0. The van der Waals surface area contributed by atoms with Crippen LogP contribution in [0.25, 0.3) is 0 Å². The van der Waals surface area contributed by atoms with E-state index in [0.29, 0.717) is 13.1 Å². The Bertz CT molecular complexity index is 321. The number of nitrogens with one attached hydrogen (secondary N) is 1. The van der Waals surface area contributed by atoms with Crippen molar-refractivity contribution in [1.82, 2.24) is 10.2 Å². The van der Waals surface area contributed by atoms with Crippen molar-refractivity contribution >= 4 is 11.9 Å². The molecule has 2 N–H and O–H groups in total. The van der Waals surface area contributed by atoms with Crippen LogP contribution < -0.4 is 5.32 Å². The average Bonchev–Trinajstić information content (AvgIpc) is 2.82. The van der Waals surface area contributed by atoms with E-state index in [0.717, 1.165) is 19.5 Å². The van der Waals surface area contributed by atoms with Crippen LogP contribution in [0.1, 0.15) is 58.3 Å². The van der Waals surface area contributed by atoms with Gasteiger partial charge >= 0.3 is 5.97 Å². The number of amides is 1. The lowest BCUT2D eigenvalue weighted by Crippen LogP contribution is -2.29. The lowest BCUT2D eigenvalue weighted by molar-refractivity contribution is -0.141. The zero-order valence-corrected chi connectivity index (χ0v) is 13.3. The Labute approximate surface area is 128 Å². The summed E-state index contributed by atoms with van der Waals surface area (Å²) in [6.45, 7) is 5.22. The number of likely N-dealkylation sites (tertiary alicyclic amines) is 1. The molecule has 1 unspecified atom stereocenters. The van der Waals surface area contributed by atoms with Gasteiger partial charge in [0.05, 0.1) is 5.92 Å². The molecule has 0 aromatic rings. The number of hydrogen-bond donors (Lipinski definition) is 2. The molecule has 0 aromatic carbocycles. The van der Waals surface area contributed by atoms with Crippen LogP contribution >= 0.6 is 0 Å². The van der Waals surface area contributed by atoms with Crippen molar-refractivity contribution in [2.24, 2.45) is 5.92 Å². The van der Waals surface area contributed by atoms with E-state index in [2.05, 4.69) is 12.2 Å². The maximum absolute atomic E-state index is 11.6. The number of carbonyl (C=O) groups is 2. The highest BCUT2D eigenvalue weighted by molar-refractivity contribution is 5.86. The Morgan fingerprint density at radius 1 is 1.19 bits per heavy atom. The number of nitrogens with zero attached hydrogens (tertiary/aromatic N) is 1. The molecule has 0 aromatic heterocycles. The molecule has 1 saturated heterocycles. The molecular weight excluding hydrogens is 268 g/mol. The minimum Gasteiger partial charge on any atom is -0.481 e. The smallest absolute Gasteiger partial charge is 0.308 e. The molecule has 0 saturated carbocycles. The first-order valence-electron chi connectivity index (χ1n) is 8.36. The molecule has 1 aliphatic rings. The van der Waals surface area contributed by atoms with Gasteiger partial charge in [0.15, 0.2) is 0 Å². The minimum absolute atomic E-state index is 0.0154. The molecule has 1 heterocycles. The maximum Gasteiger partial charge on any atom is 0.308 e. The highest BCUT2D eigenvalue weighted by atomic mass is 16.4. The third-order valence-electron chi connectivity index (χ3n) is 4.05. The lowest BCUT2D eigenvalue weighted by Gasteiger charge is -2.15. The monoisotopic (exact) mass is 298 g/mol. The van der Waals surface area contributed by atoms with Crippen LogP contribution in [-0.2, 0) is 9.59 Å². The first-order valence-corrected chi connectivity index (χ1v) is 8.36. The van der Waals surface area contributed by atoms with E-state index in [4.69, 9.17) is 5.11 Å². The molecule has 0 aliphatic carbocycles. The predicted octanol–water partition coefficient (Wildman–Crippen LogP) is 2.26. The fraction of sp³-hybridized carbons (Fsp3) is 0.875. The van der Waals surface area contributed by atoms with Gasteiger partial charge in [-0.3, -0.25) is 9.59 Å². The van der Waals surface area contributed by atoms with Crippen molar-refractivity contribution in [3.63, 3.8) is 0 Å². The molecule has 0 radical (unpaired) electrons. The molecule has 1 fully saturated rings. The van der Waals surface area contributed by atoms with Gasteiger partial charge in [-0.05, 0) is 25.9 Å².